The van der Waals surface area contributed by atoms with Crippen LogP contribution in [0.3, 0.4) is 0 Å². The van der Waals surface area contributed by atoms with Crippen molar-refractivity contribution in [3.8, 4) is 0 Å². The predicted octanol–water partition coefficient (Wildman–Crippen LogP) is 1.13. The summed E-state index contributed by atoms with van der Waals surface area (Å²) < 4.78 is 35.2. The van der Waals surface area contributed by atoms with Crippen LogP contribution in [0.2, 0.25) is 0 Å². The molecule has 1 aromatic heterocycles. The summed E-state index contributed by atoms with van der Waals surface area (Å²) in [5.41, 5.74) is 5.80. The van der Waals surface area contributed by atoms with Crippen LogP contribution in [0.5, 0.6) is 0 Å². The van der Waals surface area contributed by atoms with Gasteiger partial charge in [0.2, 0.25) is 10.0 Å². The topological polar surface area (TPSA) is 98.0 Å². The summed E-state index contributed by atoms with van der Waals surface area (Å²) in [6, 6.07) is 4.89. The van der Waals surface area contributed by atoms with Gasteiger partial charge in [-0.2, -0.15) is 8.75 Å². The summed E-state index contributed by atoms with van der Waals surface area (Å²) in [5.74, 6) is 0. The minimum Gasteiger partial charge on any atom is -0.329 e. The summed E-state index contributed by atoms with van der Waals surface area (Å²) in [6.07, 6.45) is 0. The van der Waals surface area contributed by atoms with Gasteiger partial charge in [0.05, 0.1) is 11.7 Å². The largest absolute Gasteiger partial charge is 0.329 e. The average molecular weight is 323 g/mol. The molecule has 0 saturated carbocycles. The number of fused-ring (bicyclic) bond motifs is 1. The lowest BCUT2D eigenvalue weighted by molar-refractivity contribution is 0.463. The number of nitrogens with two attached hydrogens (primary N) is 1. The fraction of sp³-hybridized carbons (Fsp3) is 0.400. The number of nitrogens with one attached hydrogen (secondary N) is 1. The Kier molecular flexibility index (Phi) is 4.86. The van der Waals surface area contributed by atoms with E-state index in [4.69, 9.17) is 5.73 Å². The van der Waals surface area contributed by atoms with Crippen molar-refractivity contribution in [3.63, 3.8) is 0 Å². The van der Waals surface area contributed by atoms with Crippen LogP contribution in [0.4, 0.5) is 0 Å². The molecule has 0 saturated heterocycles. The van der Waals surface area contributed by atoms with Gasteiger partial charge >= 0.3 is 0 Å². The lowest BCUT2D eigenvalue weighted by atomic mass is 10.1. The molecule has 0 unspecified atom stereocenters. The van der Waals surface area contributed by atoms with Gasteiger partial charge in [-0.15, -0.1) is 12.4 Å². The number of halogens is 1. The van der Waals surface area contributed by atoms with Crippen molar-refractivity contribution in [1.29, 1.82) is 0 Å². The molecule has 3 N–H and O–H groups in total. The SMILES string of the molecule is CC(C)(CN)NS(=O)(=O)c1cccc2nsnc12.Cl. The second-order valence-electron chi connectivity index (χ2n) is 4.58. The van der Waals surface area contributed by atoms with E-state index in [-0.39, 0.29) is 23.8 Å². The van der Waals surface area contributed by atoms with E-state index in [1.54, 1.807) is 26.0 Å². The predicted molar refractivity (Wildman–Crippen MR) is 78.1 cm³/mol. The first-order chi connectivity index (χ1) is 8.36. The van der Waals surface area contributed by atoms with Crippen molar-refractivity contribution in [2.45, 2.75) is 24.3 Å². The Morgan fingerprint density at radius 2 is 2.05 bits per heavy atom. The van der Waals surface area contributed by atoms with Crippen LogP contribution in [0.15, 0.2) is 23.1 Å². The molecule has 0 aliphatic heterocycles. The van der Waals surface area contributed by atoms with Crippen LogP contribution >= 0.6 is 24.1 Å². The minimum absolute atomic E-state index is 0. The van der Waals surface area contributed by atoms with Gasteiger partial charge in [0, 0.05) is 12.1 Å². The van der Waals surface area contributed by atoms with Crippen LogP contribution in [0.1, 0.15) is 13.8 Å². The molecule has 0 bridgehead atoms. The molecule has 2 rings (SSSR count). The maximum Gasteiger partial charge on any atom is 0.243 e. The fourth-order valence-corrected chi connectivity index (χ4v) is 3.65. The minimum atomic E-state index is -3.65. The summed E-state index contributed by atoms with van der Waals surface area (Å²) >= 11 is 0.990. The number of benzene rings is 1. The summed E-state index contributed by atoms with van der Waals surface area (Å²) in [4.78, 5) is 0.135. The van der Waals surface area contributed by atoms with Gasteiger partial charge in [0.15, 0.2) is 0 Å². The zero-order chi connectivity index (χ0) is 13.4. The molecule has 0 spiro atoms. The Labute approximate surface area is 122 Å². The van der Waals surface area contributed by atoms with Gasteiger partial charge in [0.25, 0.3) is 0 Å². The van der Waals surface area contributed by atoms with E-state index in [9.17, 15) is 8.42 Å². The maximum absolute atomic E-state index is 12.3. The quantitative estimate of drug-likeness (QED) is 0.879. The van der Waals surface area contributed by atoms with E-state index in [2.05, 4.69) is 13.5 Å². The molecular formula is C10H15ClN4O2S2. The van der Waals surface area contributed by atoms with Crippen molar-refractivity contribution < 1.29 is 8.42 Å². The first-order valence-electron chi connectivity index (χ1n) is 5.31. The normalized spacial score (nSPS) is 12.4. The van der Waals surface area contributed by atoms with Gasteiger partial charge in [-0.1, -0.05) is 6.07 Å². The third-order valence-electron chi connectivity index (χ3n) is 2.46. The van der Waals surface area contributed by atoms with Crippen molar-refractivity contribution in [1.82, 2.24) is 13.5 Å². The van der Waals surface area contributed by atoms with Gasteiger partial charge < -0.3 is 5.73 Å². The van der Waals surface area contributed by atoms with E-state index >= 15 is 0 Å². The van der Waals surface area contributed by atoms with E-state index in [1.807, 2.05) is 0 Å². The molecule has 0 aliphatic carbocycles. The standard InChI is InChI=1S/C10H14N4O2S2.ClH/c1-10(2,6-11)14-18(15,16)8-5-3-4-7-9(8)13-17-12-7;/h3-5,14H,6,11H2,1-2H3;1H. The Morgan fingerprint density at radius 3 is 2.68 bits per heavy atom. The molecule has 1 heterocycles. The zero-order valence-corrected chi connectivity index (χ0v) is 12.9. The number of hydrogen-bond donors (Lipinski definition) is 2. The summed E-state index contributed by atoms with van der Waals surface area (Å²) in [6.45, 7) is 3.66. The maximum atomic E-state index is 12.3. The van der Waals surface area contributed by atoms with Crippen LogP contribution in [-0.4, -0.2) is 29.2 Å². The Bertz CT molecular complexity index is 669. The highest BCUT2D eigenvalue weighted by atomic mass is 35.5. The first-order valence-corrected chi connectivity index (χ1v) is 7.52. The molecule has 19 heavy (non-hydrogen) atoms. The summed E-state index contributed by atoms with van der Waals surface area (Å²) in [7, 11) is -3.65. The van der Waals surface area contributed by atoms with Gasteiger partial charge in [-0.05, 0) is 26.0 Å². The van der Waals surface area contributed by atoms with Gasteiger partial charge in [-0.25, -0.2) is 13.1 Å². The second kappa shape index (κ2) is 5.68. The molecular weight excluding hydrogens is 308 g/mol. The lowest BCUT2D eigenvalue weighted by Crippen LogP contribution is -2.48. The third-order valence-corrected chi connectivity index (χ3v) is 4.73. The van der Waals surface area contributed by atoms with Crippen molar-refractivity contribution in [2.75, 3.05) is 6.54 Å². The van der Waals surface area contributed by atoms with Crippen molar-refractivity contribution >= 4 is 45.2 Å². The van der Waals surface area contributed by atoms with Crippen LogP contribution in [-0.2, 0) is 10.0 Å². The summed E-state index contributed by atoms with van der Waals surface area (Å²) in [5, 5.41) is 0. The van der Waals surface area contributed by atoms with Crippen LogP contribution in [0.25, 0.3) is 11.0 Å². The van der Waals surface area contributed by atoms with Crippen LogP contribution in [0, 0.1) is 0 Å². The Hall–Kier alpha value is -0.800. The smallest absolute Gasteiger partial charge is 0.243 e. The molecule has 6 nitrogen and oxygen atoms in total. The monoisotopic (exact) mass is 322 g/mol. The molecule has 2 aromatic rings. The zero-order valence-electron chi connectivity index (χ0n) is 10.5. The van der Waals surface area contributed by atoms with E-state index < -0.39 is 15.6 Å². The fourth-order valence-electron chi connectivity index (χ4n) is 1.46. The number of sulfonamides is 1. The average Bonchev–Trinajstić information content (AvgIpc) is 2.75. The van der Waals surface area contributed by atoms with Crippen molar-refractivity contribution in [2.24, 2.45) is 5.73 Å². The van der Waals surface area contributed by atoms with E-state index in [0.717, 1.165) is 11.7 Å². The molecule has 0 fully saturated rings. The molecule has 9 heteroatoms. The molecule has 0 aliphatic rings. The molecule has 0 amide bonds. The van der Waals surface area contributed by atoms with Gasteiger partial charge in [-0.3, -0.25) is 0 Å². The molecule has 1 aromatic carbocycles. The first kappa shape index (κ1) is 16.3. The number of hydrogen-bond acceptors (Lipinski definition) is 6. The lowest BCUT2D eigenvalue weighted by Gasteiger charge is -2.23. The molecule has 0 radical (unpaired) electrons. The highest BCUT2D eigenvalue weighted by molar-refractivity contribution is 7.89. The third kappa shape index (κ3) is 3.40. The second-order valence-corrected chi connectivity index (χ2v) is 6.76. The van der Waals surface area contributed by atoms with Gasteiger partial charge in [0.1, 0.15) is 15.9 Å². The number of nitrogens with zero attached hydrogens (tertiary/aromatic N) is 2. The number of rotatable bonds is 4. The Morgan fingerprint density at radius 1 is 1.37 bits per heavy atom. The highest BCUT2D eigenvalue weighted by Crippen LogP contribution is 2.22. The van der Waals surface area contributed by atoms with E-state index in [1.165, 1.54) is 6.07 Å². The van der Waals surface area contributed by atoms with Crippen LogP contribution < -0.4 is 10.5 Å². The van der Waals surface area contributed by atoms with Crippen molar-refractivity contribution in [3.05, 3.63) is 18.2 Å². The number of aromatic nitrogens is 2. The molecule has 106 valence electrons. The molecule has 0 atom stereocenters. The Balaban J connectivity index is 0.00000180. The highest BCUT2D eigenvalue weighted by Gasteiger charge is 2.27. The van der Waals surface area contributed by atoms with E-state index in [0.29, 0.717) is 11.0 Å².